The van der Waals surface area contributed by atoms with E-state index in [0.717, 1.165) is 55.9 Å². The molecule has 0 spiro atoms. The number of H-pyrrole nitrogens is 3. The molecule has 0 unspecified atom stereocenters. The second-order valence-electron chi connectivity index (χ2n) is 21.2. The number of hydrogen-bond acceptors (Lipinski definition) is 17. The van der Waals surface area contributed by atoms with Crippen molar-refractivity contribution >= 4 is 52.2 Å². The van der Waals surface area contributed by atoms with Crippen LogP contribution < -0.4 is 45.2 Å². The van der Waals surface area contributed by atoms with Crippen LogP contribution in [0.3, 0.4) is 0 Å². The van der Waals surface area contributed by atoms with Crippen LogP contribution in [0.1, 0.15) is 134 Å². The standard InChI is InChI=1S/C14H19ClN2O3.C13H17ClN2O3.C12H16ClN3O4.C12H15ClN2O5.4CH4/c1-3-14(9-4-5-9)8(2)11(15)12(20-14)17-7-6-10(18)16-13(17)19;1-4-13(5-2)8(3)10(14)11(19-13)16-7-6-9(17)15-12(16)18;13-8-9(18)12(5-17,6-1-2-6)20-10(8)16-4-3-7(14)15-11(16)19;13-8-9(18)12(5-16,6-1-2-6)20-10(8)15-4-3-7(17)14-11(15)19;;;;/h6-9,11-12H,3-5H2,1-2H3,(H,16,18,19);4,6-8,10-11H,1,5H2,2-3H3,(H,15,17,18);3-4,6,8-10,17-18H,1-2,5H2,(H2,14,15,19);3-4,6,8-10,16,18H,1-2,5H2,(H,14,17,19);4*1H4/t8-,11+,12+,14+;8-,10+,11+,13+;2*8-,9+,10-,12+;;;;/m0011..../s1. The van der Waals surface area contributed by atoms with Crippen LogP contribution in [0.4, 0.5) is 5.82 Å². The van der Waals surface area contributed by atoms with Gasteiger partial charge in [-0.05, 0) is 75.2 Å². The minimum atomic E-state index is -1.13. The lowest BCUT2D eigenvalue weighted by atomic mass is 9.82. The second-order valence-corrected chi connectivity index (χ2v) is 23.3. The molecule has 0 radical (unpaired) electrons. The molecule has 3 saturated carbocycles. The fourth-order valence-corrected chi connectivity index (χ4v) is 13.1. The van der Waals surface area contributed by atoms with Crippen molar-refractivity contribution in [3.63, 3.8) is 0 Å². The average molecular weight is 1250 g/mol. The molecule has 0 amide bonds. The molecule has 4 aromatic heterocycles. The molecule has 4 aromatic rings. The van der Waals surface area contributed by atoms with Crippen molar-refractivity contribution in [3.05, 3.63) is 135 Å². The highest BCUT2D eigenvalue weighted by Crippen LogP contribution is 2.57. The molecule has 28 heteroatoms. The van der Waals surface area contributed by atoms with E-state index < -0.39 is 104 Å². The van der Waals surface area contributed by atoms with Gasteiger partial charge in [0.15, 0.2) is 24.9 Å². The van der Waals surface area contributed by atoms with E-state index in [1.54, 1.807) is 6.08 Å². The van der Waals surface area contributed by atoms with E-state index in [2.05, 4.69) is 40.4 Å². The first kappa shape index (κ1) is 70.8. The van der Waals surface area contributed by atoms with E-state index in [-0.39, 0.29) is 88.8 Å². The van der Waals surface area contributed by atoms with Crippen LogP contribution in [0.15, 0.2) is 95.3 Å². The third kappa shape index (κ3) is 13.3. The van der Waals surface area contributed by atoms with Crippen molar-refractivity contribution in [1.29, 1.82) is 0 Å². The Kier molecular flexibility index (Phi) is 23.7. The Bertz CT molecular complexity index is 3160. The highest BCUT2D eigenvalue weighted by atomic mass is 35.5. The molecule has 8 heterocycles. The summed E-state index contributed by atoms with van der Waals surface area (Å²) in [6.07, 6.45) is 9.59. The molecule has 83 heavy (non-hydrogen) atoms. The van der Waals surface area contributed by atoms with Crippen molar-refractivity contribution < 1.29 is 39.4 Å². The van der Waals surface area contributed by atoms with Crippen LogP contribution in [-0.2, 0) is 18.9 Å². The summed E-state index contributed by atoms with van der Waals surface area (Å²) in [7, 11) is 0. The zero-order chi connectivity index (χ0) is 57.7. The molecule has 4 saturated heterocycles. The van der Waals surface area contributed by atoms with Gasteiger partial charge >= 0.3 is 22.8 Å². The first-order valence-corrected chi connectivity index (χ1v) is 28.0. The van der Waals surface area contributed by atoms with E-state index in [9.17, 15) is 54.0 Å². The number of aromatic amines is 3. The number of aromatic nitrogens is 8. The highest BCUT2D eigenvalue weighted by Gasteiger charge is 2.63. The summed E-state index contributed by atoms with van der Waals surface area (Å²) in [6.45, 7) is 11.3. The summed E-state index contributed by atoms with van der Waals surface area (Å²) in [5.41, 5.74) is -1.21. The smallest absolute Gasteiger partial charge is 0.351 e. The van der Waals surface area contributed by atoms with Crippen molar-refractivity contribution in [1.82, 2.24) is 38.2 Å². The molecule has 466 valence electrons. The molecular formula is C55H83Cl4N9O15. The Hall–Kier alpha value is -4.70. The molecule has 4 aliphatic heterocycles. The zero-order valence-corrected chi connectivity index (χ0v) is 46.8. The SMILES string of the molecule is C.C.C.C.C=C[C@]1(CC)O[C@@H](n2ccc(=O)[nH]c2=O)[C@H](Cl)[C@@H]1C.CC[C@@]1(C2CC2)O[C@@H](n2ccc(=O)[nH]c2=O)[C@H](Cl)[C@@H]1C.Nc1ccn([C@@H]2O[C@@](CO)(C3CC3)[C@@H](O)[C@H]2Cl)c(=O)n1.O=c1ccn([C@@H]2O[C@@](CO)(C3CC3)[C@@H](O)[C@H]2Cl)c(=O)[nH]1. The number of ether oxygens (including phenoxy) is 4. The van der Waals surface area contributed by atoms with E-state index in [1.807, 2.05) is 13.8 Å². The van der Waals surface area contributed by atoms with E-state index >= 15 is 0 Å². The molecule has 7 fully saturated rings. The lowest BCUT2D eigenvalue weighted by molar-refractivity contribution is -0.141. The largest absolute Gasteiger partial charge is 0.393 e. The Morgan fingerprint density at radius 1 is 0.566 bits per heavy atom. The molecule has 0 bridgehead atoms. The van der Waals surface area contributed by atoms with Gasteiger partial charge in [0.1, 0.15) is 40.0 Å². The molecule has 24 nitrogen and oxygen atoms in total. The summed E-state index contributed by atoms with van der Waals surface area (Å²) in [5, 5.41) is 37.5. The van der Waals surface area contributed by atoms with Gasteiger partial charge in [0.25, 0.3) is 16.7 Å². The van der Waals surface area contributed by atoms with Crippen LogP contribution in [0.2, 0.25) is 0 Å². The second kappa shape index (κ2) is 27.8. The van der Waals surface area contributed by atoms with Crippen molar-refractivity contribution in [2.45, 2.75) is 190 Å². The van der Waals surface area contributed by atoms with Crippen molar-refractivity contribution in [2.75, 3.05) is 18.9 Å². The van der Waals surface area contributed by atoms with Crippen molar-refractivity contribution in [2.24, 2.45) is 29.6 Å². The van der Waals surface area contributed by atoms with Gasteiger partial charge in [-0.1, -0.05) is 63.5 Å². The Morgan fingerprint density at radius 2 is 0.904 bits per heavy atom. The summed E-state index contributed by atoms with van der Waals surface area (Å²) < 4.78 is 28.8. The van der Waals surface area contributed by atoms with Gasteiger partial charge in [-0.15, -0.1) is 53.0 Å². The first-order chi connectivity index (χ1) is 37.4. The maximum absolute atomic E-state index is 11.9. The summed E-state index contributed by atoms with van der Waals surface area (Å²) >= 11 is 25.3. The summed E-state index contributed by atoms with van der Waals surface area (Å²) in [6, 6.07) is 5.23. The fourth-order valence-electron chi connectivity index (χ4n) is 11.6. The Balaban J connectivity index is 0.000000234. The number of rotatable bonds is 12. The lowest BCUT2D eigenvalue weighted by Crippen LogP contribution is -2.47. The number of nitrogens with one attached hydrogen (secondary N) is 3. The zero-order valence-electron chi connectivity index (χ0n) is 43.7. The molecule has 3 aliphatic carbocycles. The van der Waals surface area contributed by atoms with Gasteiger partial charge in [0.05, 0.1) is 35.2 Å². The molecule has 0 aromatic carbocycles. The number of hydrogen-bond donors (Lipinski definition) is 8. The van der Waals surface area contributed by atoms with Crippen LogP contribution >= 0.6 is 46.4 Å². The normalized spacial score (nSPS) is 34.8. The number of anilines is 1. The van der Waals surface area contributed by atoms with Gasteiger partial charge in [-0.2, -0.15) is 4.98 Å². The van der Waals surface area contributed by atoms with Crippen molar-refractivity contribution in [3.8, 4) is 0 Å². The third-order valence-electron chi connectivity index (χ3n) is 16.8. The number of aliphatic hydroxyl groups excluding tert-OH is 4. The van der Waals surface area contributed by atoms with E-state index in [4.69, 9.17) is 71.1 Å². The maximum atomic E-state index is 11.9. The third-order valence-corrected chi connectivity index (χ3v) is 18.9. The minimum Gasteiger partial charge on any atom is -0.393 e. The number of nitrogens with zero attached hydrogens (tertiary/aromatic N) is 5. The predicted molar refractivity (Wildman–Crippen MR) is 317 cm³/mol. The quantitative estimate of drug-likeness (QED) is 0.0704. The van der Waals surface area contributed by atoms with Gasteiger partial charge in [-0.3, -0.25) is 47.6 Å². The average Bonchev–Trinajstić information content (AvgIpc) is 4.50. The summed E-state index contributed by atoms with van der Waals surface area (Å²) in [5.74, 6) is 0.920. The number of aliphatic hydroxyl groups is 4. The van der Waals surface area contributed by atoms with Crippen LogP contribution in [0.5, 0.6) is 0 Å². The number of halogens is 4. The van der Waals surface area contributed by atoms with E-state index in [1.165, 1.54) is 62.8 Å². The Morgan fingerprint density at radius 3 is 1.23 bits per heavy atom. The summed E-state index contributed by atoms with van der Waals surface area (Å²) in [4.78, 5) is 90.9. The van der Waals surface area contributed by atoms with Crippen LogP contribution in [-0.4, -0.2) is 128 Å². The van der Waals surface area contributed by atoms with Gasteiger partial charge < -0.3 is 45.1 Å². The number of alkyl halides is 4. The predicted octanol–water partition coefficient (Wildman–Crippen LogP) is 4.69. The fraction of sp³-hybridized carbons (Fsp3) is 0.673. The molecular weight excluding hydrogens is 1170 g/mol. The van der Waals surface area contributed by atoms with Crippen LogP contribution in [0.25, 0.3) is 0 Å². The monoisotopic (exact) mass is 1250 g/mol. The maximum Gasteiger partial charge on any atom is 0.351 e. The Labute approximate surface area is 500 Å². The topological polar surface area (TPSA) is 343 Å². The highest BCUT2D eigenvalue weighted by molar-refractivity contribution is 6.22. The lowest BCUT2D eigenvalue weighted by Gasteiger charge is -2.32. The molecule has 7 aliphatic rings. The van der Waals surface area contributed by atoms with Gasteiger partial charge in [0, 0.05) is 54.8 Å². The van der Waals surface area contributed by atoms with Gasteiger partial charge in [-0.25, -0.2) is 19.2 Å². The molecule has 16 atom stereocenters. The molecule has 9 N–H and O–H groups in total. The minimum absolute atomic E-state index is 0. The first-order valence-electron chi connectivity index (χ1n) is 26.2. The molecule has 11 rings (SSSR count). The van der Waals surface area contributed by atoms with Gasteiger partial charge in [0.2, 0.25) is 0 Å². The van der Waals surface area contributed by atoms with E-state index in [0.29, 0.717) is 5.92 Å². The number of nitrogens with two attached hydrogens (primary N) is 1. The number of nitrogen functional groups attached to an aromatic ring is 1. The van der Waals surface area contributed by atoms with Crippen LogP contribution in [0, 0.1) is 29.6 Å².